The van der Waals surface area contributed by atoms with Crippen molar-refractivity contribution in [1.82, 2.24) is 5.32 Å². The highest BCUT2D eigenvalue weighted by atomic mass is 32.2. The van der Waals surface area contributed by atoms with Crippen molar-refractivity contribution in [3.8, 4) is 5.75 Å². The zero-order chi connectivity index (χ0) is 25.0. The highest BCUT2D eigenvalue weighted by Crippen LogP contribution is 2.27. The zero-order valence-electron chi connectivity index (χ0n) is 20.5. The van der Waals surface area contributed by atoms with Crippen molar-refractivity contribution in [2.45, 2.75) is 45.6 Å². The minimum absolute atomic E-state index is 0.125. The van der Waals surface area contributed by atoms with Gasteiger partial charge in [0.25, 0.3) is 10.0 Å². The standard InChI is InChI=1S/C27H32N2O4S/c1-18-7-13-25(14-8-18)34(31,32)29(23-9-11-24(33-6)12-10-23)17-27(30)28-22(5)26-16-20(3)19(2)15-21(26)4/h7-16,22H,17H2,1-6H3,(H,28,30)/t22-/m0/s1. The lowest BCUT2D eigenvalue weighted by Crippen LogP contribution is -2.41. The number of aryl methyl sites for hydroxylation is 4. The summed E-state index contributed by atoms with van der Waals surface area (Å²) < 4.78 is 33.4. The van der Waals surface area contributed by atoms with E-state index in [0.717, 1.165) is 26.6 Å². The van der Waals surface area contributed by atoms with Crippen LogP contribution in [-0.2, 0) is 14.8 Å². The molecular weight excluding hydrogens is 448 g/mol. The van der Waals surface area contributed by atoms with Crippen molar-refractivity contribution >= 4 is 21.6 Å². The Morgan fingerprint density at radius 1 is 0.912 bits per heavy atom. The van der Waals surface area contributed by atoms with Gasteiger partial charge in [-0.15, -0.1) is 0 Å². The fraction of sp³-hybridized carbons (Fsp3) is 0.296. The summed E-state index contributed by atoms with van der Waals surface area (Å²) in [5.41, 5.74) is 5.75. The maximum Gasteiger partial charge on any atom is 0.264 e. The molecule has 1 N–H and O–H groups in total. The lowest BCUT2D eigenvalue weighted by atomic mass is 9.96. The molecule has 0 aliphatic carbocycles. The van der Waals surface area contributed by atoms with E-state index >= 15 is 0 Å². The molecule has 0 unspecified atom stereocenters. The van der Waals surface area contributed by atoms with E-state index in [1.807, 2.05) is 27.7 Å². The third-order valence-corrected chi connectivity index (χ3v) is 7.77. The van der Waals surface area contributed by atoms with Gasteiger partial charge in [-0.1, -0.05) is 29.8 Å². The van der Waals surface area contributed by atoms with Crippen LogP contribution in [0.5, 0.6) is 5.75 Å². The van der Waals surface area contributed by atoms with Crippen molar-refractivity contribution in [2.24, 2.45) is 0 Å². The van der Waals surface area contributed by atoms with Crippen LogP contribution in [0.3, 0.4) is 0 Å². The molecule has 0 fully saturated rings. The minimum Gasteiger partial charge on any atom is -0.497 e. The summed E-state index contributed by atoms with van der Waals surface area (Å²) in [5.74, 6) is 0.205. The summed E-state index contributed by atoms with van der Waals surface area (Å²) >= 11 is 0. The first-order valence-corrected chi connectivity index (χ1v) is 12.6. The second kappa shape index (κ2) is 10.3. The maximum atomic E-state index is 13.5. The fourth-order valence-electron chi connectivity index (χ4n) is 3.85. The van der Waals surface area contributed by atoms with Crippen LogP contribution in [0.15, 0.2) is 65.6 Å². The zero-order valence-corrected chi connectivity index (χ0v) is 21.4. The first-order chi connectivity index (χ1) is 16.0. The molecule has 34 heavy (non-hydrogen) atoms. The Hall–Kier alpha value is -3.32. The Bertz CT molecular complexity index is 1270. The highest BCUT2D eigenvalue weighted by Gasteiger charge is 2.28. The maximum absolute atomic E-state index is 13.5. The number of ether oxygens (including phenoxy) is 1. The van der Waals surface area contributed by atoms with Crippen molar-refractivity contribution in [3.05, 3.63) is 88.5 Å². The van der Waals surface area contributed by atoms with Gasteiger partial charge in [-0.05, 0) is 93.3 Å². The van der Waals surface area contributed by atoms with E-state index in [0.29, 0.717) is 11.4 Å². The molecule has 0 saturated carbocycles. The molecule has 3 aromatic rings. The van der Waals surface area contributed by atoms with Crippen molar-refractivity contribution < 1.29 is 17.9 Å². The lowest BCUT2D eigenvalue weighted by molar-refractivity contribution is -0.120. The molecule has 1 atom stereocenters. The highest BCUT2D eigenvalue weighted by molar-refractivity contribution is 7.92. The van der Waals surface area contributed by atoms with Crippen LogP contribution in [-0.4, -0.2) is 28.0 Å². The van der Waals surface area contributed by atoms with Gasteiger partial charge in [0.1, 0.15) is 12.3 Å². The Balaban J connectivity index is 1.91. The molecule has 3 rings (SSSR count). The molecule has 0 aromatic heterocycles. The second-order valence-electron chi connectivity index (χ2n) is 8.61. The molecule has 180 valence electrons. The molecule has 0 bridgehead atoms. The molecule has 0 saturated heterocycles. The van der Waals surface area contributed by atoms with E-state index in [-0.39, 0.29) is 17.5 Å². The van der Waals surface area contributed by atoms with Crippen LogP contribution >= 0.6 is 0 Å². The number of nitrogens with zero attached hydrogens (tertiary/aromatic N) is 1. The van der Waals surface area contributed by atoms with Gasteiger partial charge in [0, 0.05) is 0 Å². The van der Waals surface area contributed by atoms with Gasteiger partial charge in [0.2, 0.25) is 5.91 Å². The van der Waals surface area contributed by atoms with E-state index < -0.39 is 15.9 Å². The van der Waals surface area contributed by atoms with E-state index in [1.165, 1.54) is 5.56 Å². The quantitative estimate of drug-likeness (QED) is 0.492. The van der Waals surface area contributed by atoms with E-state index in [9.17, 15) is 13.2 Å². The summed E-state index contributed by atoms with van der Waals surface area (Å²) in [7, 11) is -2.43. The number of nitrogens with one attached hydrogen (secondary N) is 1. The minimum atomic E-state index is -3.97. The van der Waals surface area contributed by atoms with Gasteiger partial charge in [-0.2, -0.15) is 0 Å². The van der Waals surface area contributed by atoms with Gasteiger partial charge in [0.05, 0.1) is 23.7 Å². The molecule has 0 heterocycles. The number of sulfonamides is 1. The van der Waals surface area contributed by atoms with Crippen LogP contribution < -0.4 is 14.4 Å². The van der Waals surface area contributed by atoms with Gasteiger partial charge >= 0.3 is 0 Å². The molecule has 0 aliphatic rings. The largest absolute Gasteiger partial charge is 0.497 e. The number of hydrogen-bond donors (Lipinski definition) is 1. The molecule has 7 heteroatoms. The second-order valence-corrected chi connectivity index (χ2v) is 10.5. The van der Waals surface area contributed by atoms with Crippen LogP contribution in [0.4, 0.5) is 5.69 Å². The lowest BCUT2D eigenvalue weighted by Gasteiger charge is -2.26. The monoisotopic (exact) mass is 480 g/mol. The molecule has 3 aromatic carbocycles. The molecular formula is C27H32N2O4S. The first kappa shape index (κ1) is 25.3. The van der Waals surface area contributed by atoms with Gasteiger partial charge < -0.3 is 10.1 Å². The average molecular weight is 481 g/mol. The normalized spacial score (nSPS) is 12.2. The molecule has 6 nitrogen and oxygen atoms in total. The summed E-state index contributed by atoms with van der Waals surface area (Å²) in [5, 5.41) is 2.97. The van der Waals surface area contributed by atoms with Crippen molar-refractivity contribution in [2.75, 3.05) is 18.0 Å². The predicted molar refractivity (Wildman–Crippen MR) is 136 cm³/mol. The Morgan fingerprint density at radius 2 is 1.50 bits per heavy atom. The third-order valence-electron chi connectivity index (χ3n) is 5.98. The molecule has 0 aliphatic heterocycles. The summed E-state index contributed by atoms with van der Waals surface area (Å²) in [6.07, 6.45) is 0. The number of benzene rings is 3. The van der Waals surface area contributed by atoms with Crippen LogP contribution in [0.2, 0.25) is 0 Å². The number of carbonyl (C=O) groups excluding carboxylic acids is 1. The van der Waals surface area contributed by atoms with Gasteiger partial charge in [-0.3, -0.25) is 9.10 Å². The average Bonchev–Trinajstić information content (AvgIpc) is 2.80. The van der Waals surface area contributed by atoms with Crippen LogP contribution in [0, 0.1) is 27.7 Å². The number of amides is 1. The number of methoxy groups -OCH3 is 1. The molecule has 0 radical (unpaired) electrons. The number of hydrogen-bond acceptors (Lipinski definition) is 4. The first-order valence-electron chi connectivity index (χ1n) is 11.1. The Kier molecular flexibility index (Phi) is 7.67. The smallest absolute Gasteiger partial charge is 0.264 e. The predicted octanol–water partition coefficient (Wildman–Crippen LogP) is 5.00. The van der Waals surface area contributed by atoms with Crippen LogP contribution in [0.25, 0.3) is 0 Å². The molecule has 0 spiro atoms. The summed E-state index contributed by atoms with van der Waals surface area (Å²) in [4.78, 5) is 13.2. The van der Waals surface area contributed by atoms with Crippen LogP contribution in [0.1, 0.15) is 40.8 Å². The SMILES string of the molecule is COc1ccc(N(CC(=O)N[C@@H](C)c2cc(C)c(C)cc2C)S(=O)(=O)c2ccc(C)cc2)cc1. The Labute approximate surface area is 202 Å². The van der Waals surface area contributed by atoms with Crippen molar-refractivity contribution in [1.29, 1.82) is 0 Å². The Morgan fingerprint density at radius 3 is 2.09 bits per heavy atom. The third kappa shape index (κ3) is 5.59. The fourth-order valence-corrected chi connectivity index (χ4v) is 5.27. The van der Waals surface area contributed by atoms with E-state index in [4.69, 9.17) is 4.74 Å². The summed E-state index contributed by atoms with van der Waals surface area (Å²) in [6.45, 7) is 9.54. The number of anilines is 1. The van der Waals surface area contributed by atoms with Gasteiger partial charge in [-0.25, -0.2) is 8.42 Å². The molecule has 1 amide bonds. The summed E-state index contributed by atoms with van der Waals surface area (Å²) in [6, 6.07) is 17.1. The van der Waals surface area contributed by atoms with Gasteiger partial charge in [0.15, 0.2) is 0 Å². The van der Waals surface area contributed by atoms with E-state index in [2.05, 4.69) is 24.4 Å². The van der Waals surface area contributed by atoms with E-state index in [1.54, 1.807) is 55.6 Å². The van der Waals surface area contributed by atoms with Crippen molar-refractivity contribution in [3.63, 3.8) is 0 Å². The topological polar surface area (TPSA) is 75.7 Å². The number of carbonyl (C=O) groups is 1. The number of rotatable bonds is 8.